The lowest BCUT2D eigenvalue weighted by Gasteiger charge is -2.18. The van der Waals surface area contributed by atoms with E-state index in [2.05, 4.69) is 15.1 Å². The minimum absolute atomic E-state index is 0.0623. The molecule has 9 heteroatoms. The van der Waals surface area contributed by atoms with Crippen molar-refractivity contribution in [3.8, 4) is 0 Å². The highest BCUT2D eigenvalue weighted by Crippen LogP contribution is 2.30. The molecule has 1 amide bonds. The maximum absolute atomic E-state index is 12.8. The van der Waals surface area contributed by atoms with Crippen LogP contribution in [0.5, 0.6) is 0 Å². The highest BCUT2D eigenvalue weighted by atomic mass is 32.1. The van der Waals surface area contributed by atoms with Gasteiger partial charge in [-0.25, -0.2) is 0 Å². The highest BCUT2D eigenvalue weighted by molar-refractivity contribution is 7.22. The van der Waals surface area contributed by atoms with Gasteiger partial charge in [-0.3, -0.25) is 9.78 Å². The van der Waals surface area contributed by atoms with Crippen molar-refractivity contribution in [3.05, 3.63) is 69.5 Å². The van der Waals surface area contributed by atoms with Gasteiger partial charge in [0.25, 0.3) is 5.09 Å². The summed E-state index contributed by atoms with van der Waals surface area (Å²) in [6.45, 7) is 1.69. The fraction of sp³-hybridized carbons (Fsp3) is 0.222. The van der Waals surface area contributed by atoms with Crippen molar-refractivity contribution in [1.29, 1.82) is 0 Å². The molecule has 0 aliphatic heterocycles. The minimum atomic E-state index is -0.852. The Morgan fingerprint density at radius 3 is 2.93 bits per heavy atom. The van der Waals surface area contributed by atoms with E-state index in [4.69, 9.17) is 5.73 Å². The number of hydrogen-bond donors (Lipinski definition) is 2. The van der Waals surface area contributed by atoms with Gasteiger partial charge in [-0.1, -0.05) is 23.8 Å². The molecule has 3 rings (SSSR count). The molecule has 8 nitrogen and oxygen atoms in total. The van der Waals surface area contributed by atoms with E-state index in [1.807, 2.05) is 25.1 Å². The van der Waals surface area contributed by atoms with Crippen LogP contribution in [-0.2, 0) is 16.2 Å². The van der Waals surface area contributed by atoms with Crippen LogP contribution >= 0.6 is 11.3 Å². The second kappa shape index (κ2) is 8.11. The fourth-order valence-electron chi connectivity index (χ4n) is 2.85. The quantitative estimate of drug-likeness (QED) is 0.476. The molecule has 27 heavy (non-hydrogen) atoms. The molecule has 2 heterocycles. The SMILES string of the molecule is Cc1ccc([C@@H](CN)C(=O)Nc2cc3ccncc3s2)c(CO[N+](=O)[O-])c1. The molecule has 0 unspecified atom stereocenters. The van der Waals surface area contributed by atoms with Crippen LogP contribution in [0.3, 0.4) is 0 Å². The normalized spacial score (nSPS) is 11.9. The average molecular weight is 386 g/mol. The van der Waals surface area contributed by atoms with Crippen LogP contribution in [0, 0.1) is 17.0 Å². The summed E-state index contributed by atoms with van der Waals surface area (Å²) in [7, 11) is 0. The first-order valence-corrected chi connectivity index (χ1v) is 9.01. The van der Waals surface area contributed by atoms with E-state index in [-0.39, 0.29) is 19.1 Å². The Morgan fingerprint density at radius 1 is 1.41 bits per heavy atom. The molecule has 3 N–H and O–H groups in total. The molecule has 0 saturated heterocycles. The number of carbonyl (C=O) groups is 1. The predicted octanol–water partition coefficient (Wildman–Crippen LogP) is 2.99. The lowest BCUT2D eigenvalue weighted by Crippen LogP contribution is -2.28. The summed E-state index contributed by atoms with van der Waals surface area (Å²) in [5.41, 5.74) is 7.95. The van der Waals surface area contributed by atoms with Crippen molar-refractivity contribution >= 4 is 32.3 Å². The topological polar surface area (TPSA) is 120 Å². The van der Waals surface area contributed by atoms with Gasteiger partial charge in [0.1, 0.15) is 6.61 Å². The van der Waals surface area contributed by atoms with E-state index < -0.39 is 11.0 Å². The zero-order valence-corrected chi connectivity index (χ0v) is 15.4. The van der Waals surface area contributed by atoms with Gasteiger partial charge in [0.2, 0.25) is 5.91 Å². The standard InChI is InChI=1S/C18H18N4O4S/c1-11-2-3-14(13(6-11)10-26-22(24)25)15(8-19)18(23)21-17-7-12-4-5-20-9-16(12)27-17/h2-7,9,15H,8,10,19H2,1H3,(H,21,23)/t15-/m1/s1. The number of nitrogens with two attached hydrogens (primary N) is 1. The number of amides is 1. The summed E-state index contributed by atoms with van der Waals surface area (Å²) >= 11 is 1.42. The molecule has 0 aliphatic carbocycles. The molecule has 0 spiro atoms. The van der Waals surface area contributed by atoms with Crippen molar-refractivity contribution in [2.75, 3.05) is 11.9 Å². The lowest BCUT2D eigenvalue weighted by molar-refractivity contribution is -0.763. The van der Waals surface area contributed by atoms with Crippen molar-refractivity contribution in [3.63, 3.8) is 0 Å². The number of aryl methyl sites for hydroxylation is 1. The number of thiophene rings is 1. The van der Waals surface area contributed by atoms with E-state index in [0.29, 0.717) is 16.1 Å². The number of nitrogens with zero attached hydrogens (tertiary/aromatic N) is 2. The van der Waals surface area contributed by atoms with Crippen LogP contribution in [0.4, 0.5) is 5.00 Å². The lowest BCUT2D eigenvalue weighted by atomic mass is 9.92. The van der Waals surface area contributed by atoms with Gasteiger partial charge in [-0.2, -0.15) is 0 Å². The zero-order chi connectivity index (χ0) is 19.4. The van der Waals surface area contributed by atoms with Crippen LogP contribution in [-0.4, -0.2) is 22.5 Å². The monoisotopic (exact) mass is 386 g/mol. The Kier molecular flexibility index (Phi) is 5.63. The molecular weight excluding hydrogens is 368 g/mol. The van der Waals surface area contributed by atoms with Gasteiger partial charge < -0.3 is 15.9 Å². The largest absolute Gasteiger partial charge is 0.329 e. The van der Waals surface area contributed by atoms with E-state index in [1.54, 1.807) is 24.5 Å². The number of benzene rings is 1. The van der Waals surface area contributed by atoms with Crippen molar-refractivity contribution < 1.29 is 14.7 Å². The number of hydrogen-bond acceptors (Lipinski definition) is 7. The van der Waals surface area contributed by atoms with Crippen LogP contribution in [0.25, 0.3) is 10.1 Å². The van der Waals surface area contributed by atoms with Gasteiger partial charge >= 0.3 is 0 Å². The number of nitrogens with one attached hydrogen (secondary N) is 1. The Bertz CT molecular complexity index is 955. The van der Waals surface area contributed by atoms with Crippen molar-refractivity contribution in [1.82, 2.24) is 4.98 Å². The molecule has 0 saturated carbocycles. The second-order valence-corrected chi connectivity index (χ2v) is 7.08. The third-order valence-corrected chi connectivity index (χ3v) is 5.12. The predicted molar refractivity (Wildman–Crippen MR) is 103 cm³/mol. The van der Waals surface area contributed by atoms with Crippen LogP contribution in [0.2, 0.25) is 0 Å². The number of rotatable bonds is 7. The number of carbonyl (C=O) groups excluding carboxylic acids is 1. The Hall–Kier alpha value is -3.04. The maximum Gasteiger partial charge on any atom is 0.294 e. The highest BCUT2D eigenvalue weighted by Gasteiger charge is 2.23. The summed E-state index contributed by atoms with van der Waals surface area (Å²) in [6, 6.07) is 9.11. The molecule has 3 aromatic rings. The summed E-state index contributed by atoms with van der Waals surface area (Å²) in [6.07, 6.45) is 3.43. The van der Waals surface area contributed by atoms with Crippen LogP contribution in [0.1, 0.15) is 22.6 Å². The van der Waals surface area contributed by atoms with Gasteiger partial charge in [-0.15, -0.1) is 21.5 Å². The van der Waals surface area contributed by atoms with Crippen molar-refractivity contribution in [2.45, 2.75) is 19.4 Å². The van der Waals surface area contributed by atoms with E-state index >= 15 is 0 Å². The van der Waals surface area contributed by atoms with E-state index in [9.17, 15) is 14.9 Å². The second-order valence-electron chi connectivity index (χ2n) is 6.00. The smallest absolute Gasteiger partial charge is 0.294 e. The summed E-state index contributed by atoms with van der Waals surface area (Å²) < 4.78 is 0.965. The molecular formula is C18H18N4O4S. The van der Waals surface area contributed by atoms with Gasteiger partial charge in [0.05, 0.1) is 15.6 Å². The Balaban J connectivity index is 1.85. The average Bonchev–Trinajstić information content (AvgIpc) is 3.04. The van der Waals surface area contributed by atoms with E-state index in [1.165, 1.54) is 11.3 Å². The summed E-state index contributed by atoms with van der Waals surface area (Å²) in [5.74, 6) is -0.928. The Morgan fingerprint density at radius 2 is 2.22 bits per heavy atom. The summed E-state index contributed by atoms with van der Waals surface area (Å²) in [5, 5.41) is 14.3. The number of aromatic nitrogens is 1. The molecule has 140 valence electrons. The maximum atomic E-state index is 12.8. The van der Waals surface area contributed by atoms with Crippen LogP contribution < -0.4 is 11.1 Å². The van der Waals surface area contributed by atoms with Gasteiger partial charge in [0.15, 0.2) is 0 Å². The molecule has 0 fully saturated rings. The minimum Gasteiger partial charge on any atom is -0.329 e. The molecule has 2 aromatic heterocycles. The third-order valence-electron chi connectivity index (χ3n) is 4.12. The number of pyridine rings is 1. The molecule has 1 aromatic carbocycles. The first-order valence-electron chi connectivity index (χ1n) is 8.19. The van der Waals surface area contributed by atoms with Gasteiger partial charge in [-0.05, 0) is 35.6 Å². The van der Waals surface area contributed by atoms with Gasteiger partial charge in [0, 0.05) is 18.9 Å². The number of anilines is 1. The summed E-state index contributed by atoms with van der Waals surface area (Å²) in [4.78, 5) is 31.9. The first-order chi connectivity index (χ1) is 13.0. The molecule has 0 bridgehead atoms. The molecule has 0 radical (unpaired) electrons. The fourth-order valence-corrected chi connectivity index (χ4v) is 3.78. The van der Waals surface area contributed by atoms with Crippen molar-refractivity contribution in [2.24, 2.45) is 5.73 Å². The zero-order valence-electron chi connectivity index (χ0n) is 14.5. The molecule has 1 atom stereocenters. The Labute approximate surface area is 159 Å². The van der Waals surface area contributed by atoms with E-state index in [0.717, 1.165) is 15.6 Å². The van der Waals surface area contributed by atoms with Crippen LogP contribution in [0.15, 0.2) is 42.7 Å². The first kappa shape index (κ1) is 18.7. The third kappa shape index (κ3) is 4.39. The molecule has 0 aliphatic rings. The number of fused-ring (bicyclic) bond motifs is 1.